The molecule has 1 nitrogen and oxygen atoms in total. The molecule has 0 rings (SSSR count). The standard InChI is InChI=1S/C15H32OSi/c1-5-6-7-8-9-10-11-12-13-14-15-17(3,4)16-2/h14-15H,5-13H2,1-4H3. The zero-order valence-electron chi connectivity index (χ0n) is 12.4. The van der Waals surface area contributed by atoms with Crippen LogP contribution in [-0.4, -0.2) is 15.4 Å². The van der Waals surface area contributed by atoms with Crippen LogP contribution in [0.4, 0.5) is 0 Å². The fourth-order valence-electron chi connectivity index (χ4n) is 1.83. The largest absolute Gasteiger partial charge is 0.417 e. The number of hydrogen-bond donors (Lipinski definition) is 0. The van der Waals surface area contributed by atoms with Crippen molar-refractivity contribution in [2.24, 2.45) is 0 Å². The first-order valence-electron chi connectivity index (χ1n) is 7.35. The number of rotatable bonds is 11. The van der Waals surface area contributed by atoms with Gasteiger partial charge in [-0.15, -0.1) is 0 Å². The van der Waals surface area contributed by atoms with Crippen LogP contribution in [0.2, 0.25) is 13.1 Å². The summed E-state index contributed by atoms with van der Waals surface area (Å²) in [5.41, 5.74) is 2.31. The van der Waals surface area contributed by atoms with E-state index in [1.54, 1.807) is 0 Å². The number of allylic oxidation sites excluding steroid dienone is 1. The van der Waals surface area contributed by atoms with Gasteiger partial charge >= 0.3 is 0 Å². The second-order valence-electron chi connectivity index (χ2n) is 5.47. The first kappa shape index (κ1) is 16.9. The average Bonchev–Trinajstić information content (AvgIpc) is 2.31. The molecule has 0 aromatic carbocycles. The fourth-order valence-corrected chi connectivity index (χ4v) is 2.70. The van der Waals surface area contributed by atoms with Crippen molar-refractivity contribution in [2.45, 2.75) is 77.8 Å². The molecule has 0 aliphatic rings. The van der Waals surface area contributed by atoms with Gasteiger partial charge in [0.1, 0.15) is 0 Å². The zero-order valence-corrected chi connectivity index (χ0v) is 13.4. The summed E-state index contributed by atoms with van der Waals surface area (Å²) in [4.78, 5) is 0. The molecule has 17 heavy (non-hydrogen) atoms. The molecule has 0 aliphatic heterocycles. The van der Waals surface area contributed by atoms with Gasteiger partial charge in [0.2, 0.25) is 8.32 Å². The fraction of sp³-hybridized carbons (Fsp3) is 0.867. The van der Waals surface area contributed by atoms with Crippen molar-refractivity contribution in [3.8, 4) is 0 Å². The molecule has 0 amide bonds. The van der Waals surface area contributed by atoms with Crippen LogP contribution >= 0.6 is 0 Å². The molecule has 0 aliphatic carbocycles. The highest BCUT2D eigenvalue weighted by molar-refractivity contribution is 6.76. The maximum Gasteiger partial charge on any atom is 0.210 e. The van der Waals surface area contributed by atoms with Gasteiger partial charge in [-0.2, -0.15) is 0 Å². The Morgan fingerprint density at radius 2 is 1.41 bits per heavy atom. The van der Waals surface area contributed by atoms with Gasteiger partial charge in [0.05, 0.1) is 0 Å². The molecular weight excluding hydrogens is 224 g/mol. The monoisotopic (exact) mass is 256 g/mol. The Labute approximate surface area is 110 Å². The van der Waals surface area contributed by atoms with Gasteiger partial charge in [-0.05, 0) is 25.9 Å². The molecule has 0 aromatic heterocycles. The van der Waals surface area contributed by atoms with Crippen LogP contribution < -0.4 is 0 Å². The molecule has 0 aromatic rings. The van der Waals surface area contributed by atoms with E-state index in [0.717, 1.165) is 0 Å². The molecule has 0 radical (unpaired) electrons. The van der Waals surface area contributed by atoms with Crippen molar-refractivity contribution in [1.29, 1.82) is 0 Å². The summed E-state index contributed by atoms with van der Waals surface area (Å²) >= 11 is 0. The molecule has 0 fully saturated rings. The smallest absolute Gasteiger partial charge is 0.210 e. The van der Waals surface area contributed by atoms with Crippen LogP contribution in [0, 0.1) is 0 Å². The van der Waals surface area contributed by atoms with E-state index in [0.29, 0.717) is 0 Å². The van der Waals surface area contributed by atoms with E-state index in [1.807, 2.05) is 7.11 Å². The predicted octanol–water partition coefficient (Wildman–Crippen LogP) is 5.46. The van der Waals surface area contributed by atoms with Gasteiger partial charge in [0.25, 0.3) is 0 Å². The van der Waals surface area contributed by atoms with Crippen LogP contribution in [0.25, 0.3) is 0 Å². The lowest BCUT2D eigenvalue weighted by atomic mass is 10.1. The molecule has 0 unspecified atom stereocenters. The van der Waals surface area contributed by atoms with Crippen LogP contribution in [0.1, 0.15) is 64.7 Å². The SMILES string of the molecule is CCCCCCCCCCC=C[Si](C)(C)OC. The van der Waals surface area contributed by atoms with E-state index in [2.05, 4.69) is 31.8 Å². The maximum absolute atomic E-state index is 5.47. The summed E-state index contributed by atoms with van der Waals surface area (Å²) in [6, 6.07) is 0. The van der Waals surface area contributed by atoms with Gasteiger partial charge in [-0.3, -0.25) is 0 Å². The lowest BCUT2D eigenvalue weighted by molar-refractivity contribution is 0.415. The van der Waals surface area contributed by atoms with Gasteiger partial charge in [-0.25, -0.2) is 0 Å². The van der Waals surface area contributed by atoms with Crippen molar-refractivity contribution in [1.82, 2.24) is 0 Å². The molecule has 0 saturated heterocycles. The molecule has 0 saturated carbocycles. The highest BCUT2D eigenvalue weighted by atomic mass is 28.4. The number of hydrogen-bond acceptors (Lipinski definition) is 1. The second-order valence-corrected chi connectivity index (χ2v) is 9.42. The lowest BCUT2D eigenvalue weighted by Gasteiger charge is -2.13. The van der Waals surface area contributed by atoms with Crippen molar-refractivity contribution in [3.05, 3.63) is 11.8 Å². The molecule has 0 N–H and O–H groups in total. The summed E-state index contributed by atoms with van der Waals surface area (Å²) in [6.07, 6.45) is 14.8. The third-order valence-corrected chi connectivity index (χ3v) is 5.36. The first-order chi connectivity index (χ1) is 8.12. The quantitative estimate of drug-likeness (QED) is 0.352. The molecular formula is C15H32OSi. The summed E-state index contributed by atoms with van der Waals surface area (Å²) < 4.78 is 5.47. The third-order valence-electron chi connectivity index (χ3n) is 3.27. The summed E-state index contributed by atoms with van der Waals surface area (Å²) in [5, 5.41) is 0. The summed E-state index contributed by atoms with van der Waals surface area (Å²) in [5.74, 6) is 0. The van der Waals surface area contributed by atoms with Gasteiger partial charge < -0.3 is 4.43 Å². The lowest BCUT2D eigenvalue weighted by Crippen LogP contribution is -2.25. The minimum atomic E-state index is -1.45. The molecule has 0 spiro atoms. The van der Waals surface area contributed by atoms with Crippen molar-refractivity contribution in [3.63, 3.8) is 0 Å². The Balaban J connectivity index is 3.24. The average molecular weight is 257 g/mol. The Kier molecular flexibility index (Phi) is 11.0. The van der Waals surface area contributed by atoms with Crippen LogP contribution in [0.3, 0.4) is 0 Å². The Bertz CT molecular complexity index is 187. The van der Waals surface area contributed by atoms with E-state index < -0.39 is 8.32 Å². The zero-order chi connectivity index (χ0) is 13.0. The molecule has 0 heterocycles. The highest BCUT2D eigenvalue weighted by Gasteiger charge is 2.14. The van der Waals surface area contributed by atoms with Gasteiger partial charge in [0, 0.05) is 7.11 Å². The molecule has 0 atom stereocenters. The normalized spacial score (nSPS) is 12.5. The second kappa shape index (κ2) is 11.0. The van der Waals surface area contributed by atoms with Crippen molar-refractivity contribution >= 4 is 8.32 Å². The third kappa shape index (κ3) is 12.2. The van der Waals surface area contributed by atoms with Crippen molar-refractivity contribution in [2.75, 3.05) is 7.11 Å². The minimum absolute atomic E-state index is 1.23. The summed E-state index contributed by atoms with van der Waals surface area (Å²) in [7, 11) is 0.378. The van der Waals surface area contributed by atoms with E-state index in [-0.39, 0.29) is 0 Å². The maximum atomic E-state index is 5.47. The Hall–Kier alpha value is -0.0831. The van der Waals surface area contributed by atoms with Gasteiger partial charge in [-0.1, -0.05) is 63.6 Å². The van der Waals surface area contributed by atoms with E-state index in [1.165, 1.54) is 57.8 Å². The topological polar surface area (TPSA) is 9.23 Å². The van der Waals surface area contributed by atoms with Crippen LogP contribution in [0.15, 0.2) is 11.8 Å². The predicted molar refractivity (Wildman–Crippen MR) is 80.9 cm³/mol. The molecule has 2 heteroatoms. The number of unbranched alkanes of at least 4 members (excludes halogenated alkanes) is 8. The van der Waals surface area contributed by atoms with Crippen molar-refractivity contribution < 1.29 is 4.43 Å². The summed E-state index contributed by atoms with van der Waals surface area (Å²) in [6.45, 7) is 6.74. The molecule has 0 bridgehead atoms. The van der Waals surface area contributed by atoms with Gasteiger partial charge in [0.15, 0.2) is 0 Å². The highest BCUT2D eigenvalue weighted by Crippen LogP contribution is 2.11. The van der Waals surface area contributed by atoms with Crippen LogP contribution in [0.5, 0.6) is 0 Å². The van der Waals surface area contributed by atoms with E-state index in [4.69, 9.17) is 4.43 Å². The first-order valence-corrected chi connectivity index (χ1v) is 10.3. The Morgan fingerprint density at radius 3 is 1.94 bits per heavy atom. The Morgan fingerprint density at radius 1 is 0.882 bits per heavy atom. The van der Waals surface area contributed by atoms with E-state index in [9.17, 15) is 0 Å². The molecule has 102 valence electrons. The minimum Gasteiger partial charge on any atom is -0.417 e. The van der Waals surface area contributed by atoms with E-state index >= 15 is 0 Å². The van der Waals surface area contributed by atoms with Crippen LogP contribution in [-0.2, 0) is 4.43 Å².